The molecule has 0 spiro atoms. The Morgan fingerprint density at radius 2 is 2.12 bits per heavy atom. The molecule has 0 fully saturated rings. The summed E-state index contributed by atoms with van der Waals surface area (Å²) in [6.07, 6.45) is 2.89. The van der Waals surface area contributed by atoms with Crippen molar-refractivity contribution in [2.45, 2.75) is 6.92 Å². The van der Waals surface area contributed by atoms with Crippen molar-refractivity contribution in [1.29, 1.82) is 10.7 Å². The minimum absolute atomic E-state index is 0.00159. The summed E-state index contributed by atoms with van der Waals surface area (Å²) >= 11 is 0. The van der Waals surface area contributed by atoms with Crippen LogP contribution in [0.25, 0.3) is 0 Å². The van der Waals surface area contributed by atoms with E-state index in [-0.39, 0.29) is 17.0 Å². The number of nitrogens with zero attached hydrogens (tertiary/aromatic N) is 2. The Morgan fingerprint density at radius 3 is 2.69 bits per heavy atom. The first-order chi connectivity index (χ1) is 12.4. The molecule has 1 amide bonds. The summed E-state index contributed by atoms with van der Waals surface area (Å²) in [4.78, 5) is 16.4. The third-order valence-corrected chi connectivity index (χ3v) is 3.70. The van der Waals surface area contributed by atoms with Crippen LogP contribution in [0.3, 0.4) is 0 Å². The van der Waals surface area contributed by atoms with E-state index in [0.717, 1.165) is 0 Å². The van der Waals surface area contributed by atoms with Gasteiger partial charge in [-0.15, -0.1) is 0 Å². The second-order valence-corrected chi connectivity index (χ2v) is 5.35. The van der Waals surface area contributed by atoms with Crippen LogP contribution in [0.5, 0.6) is 0 Å². The fourth-order valence-corrected chi connectivity index (χ4v) is 2.26. The average molecular weight is 350 g/mol. The lowest BCUT2D eigenvalue weighted by molar-refractivity contribution is -0.112. The number of amides is 1. The van der Waals surface area contributed by atoms with Gasteiger partial charge >= 0.3 is 0 Å². The maximum absolute atomic E-state index is 12.5. The quantitative estimate of drug-likeness (QED) is 0.281. The molecule has 2 rings (SSSR count). The van der Waals surface area contributed by atoms with Crippen molar-refractivity contribution in [3.05, 3.63) is 59.2 Å². The third kappa shape index (κ3) is 3.79. The van der Waals surface area contributed by atoms with Gasteiger partial charge in [0, 0.05) is 35.3 Å². The molecule has 1 aromatic carbocycles. The molecule has 2 aromatic rings. The number of rotatable bonds is 5. The van der Waals surface area contributed by atoms with Crippen molar-refractivity contribution in [2.24, 2.45) is 10.7 Å². The van der Waals surface area contributed by atoms with Crippen LogP contribution in [0.2, 0.25) is 0 Å². The van der Waals surface area contributed by atoms with Crippen LogP contribution in [-0.4, -0.2) is 24.4 Å². The maximum Gasteiger partial charge on any atom is 0.260 e. The lowest BCUT2D eigenvalue weighted by atomic mass is 10.0. The zero-order valence-electron chi connectivity index (χ0n) is 14.3. The van der Waals surface area contributed by atoms with Gasteiger partial charge in [0.2, 0.25) is 0 Å². The van der Waals surface area contributed by atoms with Crippen LogP contribution in [-0.2, 0) is 4.79 Å². The Hall–Kier alpha value is -3.86. The number of benzene rings is 1. The van der Waals surface area contributed by atoms with Gasteiger partial charge in [-0.1, -0.05) is 0 Å². The lowest BCUT2D eigenvalue weighted by Crippen LogP contribution is -2.23. The second kappa shape index (κ2) is 7.81. The molecule has 1 heterocycles. The normalized spacial score (nSPS) is 12.1. The average Bonchev–Trinajstić information content (AvgIpc) is 3.17. The van der Waals surface area contributed by atoms with E-state index in [1.54, 1.807) is 37.3 Å². The minimum Gasteiger partial charge on any atom is -0.472 e. The van der Waals surface area contributed by atoms with Crippen LogP contribution < -0.4 is 16.8 Å². The fraction of sp³-hybridized carbons (Fsp3) is 0.111. The van der Waals surface area contributed by atoms with Crippen LogP contribution >= 0.6 is 0 Å². The molecule has 0 bridgehead atoms. The maximum atomic E-state index is 12.5. The van der Waals surface area contributed by atoms with Crippen LogP contribution in [0.4, 0.5) is 11.4 Å². The largest absolute Gasteiger partial charge is 0.472 e. The molecule has 0 saturated heterocycles. The van der Waals surface area contributed by atoms with E-state index < -0.39 is 5.91 Å². The second-order valence-electron chi connectivity index (χ2n) is 5.35. The van der Waals surface area contributed by atoms with E-state index in [0.29, 0.717) is 28.2 Å². The Labute approximate surface area is 150 Å². The van der Waals surface area contributed by atoms with Crippen molar-refractivity contribution in [2.75, 3.05) is 18.1 Å². The van der Waals surface area contributed by atoms with Gasteiger partial charge in [0.15, 0.2) is 0 Å². The molecule has 0 saturated carbocycles. The number of nitrogens with two attached hydrogens (primary N) is 2. The lowest BCUT2D eigenvalue weighted by Gasteiger charge is -2.12. The topological polar surface area (TPSA) is 154 Å². The molecule has 8 heteroatoms. The summed E-state index contributed by atoms with van der Waals surface area (Å²) in [6.45, 7) is 1.59. The Balaban J connectivity index is 2.36. The molecular formula is C18H18N6O2. The standard InChI is InChI=1S/C18H18N6O2/c1-10(23-2)16(15(21)8-19)18(25)24-12-3-4-14(20)13(7-12)17(22)11-5-6-26-9-11/h3-7,9,22H,20-21H2,1-2H3,(H,24,25). The fourth-order valence-electron chi connectivity index (χ4n) is 2.26. The number of nitrogens with one attached hydrogen (secondary N) is 2. The molecule has 8 nitrogen and oxygen atoms in total. The van der Waals surface area contributed by atoms with E-state index in [4.69, 9.17) is 26.6 Å². The van der Waals surface area contributed by atoms with E-state index in [1.165, 1.54) is 19.6 Å². The van der Waals surface area contributed by atoms with Gasteiger partial charge in [-0.05, 0) is 31.2 Å². The predicted octanol–water partition coefficient (Wildman–Crippen LogP) is 2.04. The highest BCUT2D eigenvalue weighted by Gasteiger charge is 2.18. The van der Waals surface area contributed by atoms with Gasteiger partial charge in [-0.25, -0.2) is 0 Å². The number of anilines is 2. The highest BCUT2D eigenvalue weighted by molar-refractivity contribution is 6.25. The highest BCUT2D eigenvalue weighted by Crippen LogP contribution is 2.22. The van der Waals surface area contributed by atoms with Crippen molar-refractivity contribution in [3.63, 3.8) is 0 Å². The van der Waals surface area contributed by atoms with Crippen molar-refractivity contribution >= 4 is 28.7 Å². The molecule has 26 heavy (non-hydrogen) atoms. The first-order valence-electron chi connectivity index (χ1n) is 7.55. The highest BCUT2D eigenvalue weighted by atomic mass is 16.3. The number of furan rings is 1. The molecular weight excluding hydrogens is 332 g/mol. The number of hydrogen-bond donors (Lipinski definition) is 4. The van der Waals surface area contributed by atoms with Crippen molar-refractivity contribution in [3.8, 4) is 6.07 Å². The van der Waals surface area contributed by atoms with Gasteiger partial charge < -0.3 is 21.2 Å². The molecule has 0 aliphatic rings. The summed E-state index contributed by atoms with van der Waals surface area (Å²) in [7, 11) is 1.50. The van der Waals surface area contributed by atoms with Gasteiger partial charge in [-0.3, -0.25) is 15.2 Å². The smallest absolute Gasteiger partial charge is 0.260 e. The third-order valence-electron chi connectivity index (χ3n) is 3.70. The zero-order valence-corrected chi connectivity index (χ0v) is 14.3. The van der Waals surface area contributed by atoms with E-state index in [9.17, 15) is 4.79 Å². The number of carbonyl (C=O) groups excluding carboxylic acids is 1. The van der Waals surface area contributed by atoms with Crippen molar-refractivity contribution < 1.29 is 9.21 Å². The zero-order chi connectivity index (χ0) is 19.3. The number of aliphatic imine (C=N–C) groups is 1. The first-order valence-corrected chi connectivity index (χ1v) is 7.55. The Bertz CT molecular complexity index is 949. The number of hydrogen-bond acceptors (Lipinski definition) is 7. The molecule has 0 atom stereocenters. The van der Waals surface area contributed by atoms with Crippen molar-refractivity contribution in [1.82, 2.24) is 0 Å². The Kier molecular flexibility index (Phi) is 5.55. The van der Waals surface area contributed by atoms with Crippen LogP contribution in [0.15, 0.2) is 57.5 Å². The van der Waals surface area contributed by atoms with Gasteiger partial charge in [0.05, 0.1) is 23.8 Å². The molecule has 0 aliphatic heterocycles. The molecule has 0 unspecified atom stereocenters. The van der Waals surface area contributed by atoms with Crippen LogP contribution in [0, 0.1) is 16.7 Å². The summed E-state index contributed by atoms with van der Waals surface area (Å²) in [6, 6.07) is 8.14. The monoisotopic (exact) mass is 350 g/mol. The van der Waals surface area contributed by atoms with E-state index in [2.05, 4.69) is 10.3 Å². The molecule has 0 aliphatic carbocycles. The molecule has 6 N–H and O–H groups in total. The minimum atomic E-state index is -0.572. The van der Waals surface area contributed by atoms with Gasteiger partial charge in [0.25, 0.3) is 5.91 Å². The summed E-state index contributed by atoms with van der Waals surface area (Å²) in [5.74, 6) is -0.572. The van der Waals surface area contributed by atoms with Crippen LogP contribution in [0.1, 0.15) is 18.1 Å². The number of allylic oxidation sites excluding steroid dienone is 1. The number of nitrogen functional groups attached to an aromatic ring is 1. The predicted molar refractivity (Wildman–Crippen MR) is 100.0 cm³/mol. The van der Waals surface area contributed by atoms with E-state index >= 15 is 0 Å². The Morgan fingerprint density at radius 1 is 1.38 bits per heavy atom. The first kappa shape index (κ1) is 18.5. The molecule has 0 radical (unpaired) electrons. The number of carbonyl (C=O) groups is 1. The molecule has 132 valence electrons. The number of nitriles is 1. The van der Waals surface area contributed by atoms with Gasteiger partial charge in [0.1, 0.15) is 11.8 Å². The SMILES string of the molecule is CN=C(C)C(C(=O)Nc1ccc(N)c(C(=N)c2ccoc2)c1)=C(N)C#N. The summed E-state index contributed by atoms with van der Waals surface area (Å²) in [5, 5.41) is 19.9. The van der Waals surface area contributed by atoms with E-state index in [1.807, 2.05) is 0 Å². The molecule has 1 aromatic heterocycles. The summed E-state index contributed by atoms with van der Waals surface area (Å²) in [5.41, 5.74) is 13.6. The van der Waals surface area contributed by atoms with Gasteiger partial charge in [-0.2, -0.15) is 5.26 Å². The summed E-state index contributed by atoms with van der Waals surface area (Å²) < 4.78 is 4.99.